The zero-order chi connectivity index (χ0) is 22.1. The van der Waals surface area contributed by atoms with Crippen LogP contribution in [0.3, 0.4) is 0 Å². The highest BCUT2D eigenvalue weighted by molar-refractivity contribution is 7.99. The van der Waals surface area contributed by atoms with Crippen LogP contribution in [0, 0.1) is 6.92 Å². The van der Waals surface area contributed by atoms with Gasteiger partial charge in [-0.05, 0) is 51.2 Å². The molecule has 8 heteroatoms. The molecular weight excluding hydrogens is 422 g/mol. The smallest absolute Gasteiger partial charge is 0.265 e. The summed E-state index contributed by atoms with van der Waals surface area (Å²) < 4.78 is 3.38. The normalized spacial score (nSPS) is 17.9. The van der Waals surface area contributed by atoms with Crippen LogP contribution in [0.15, 0.2) is 52.1 Å². The molecule has 166 valence electrons. The van der Waals surface area contributed by atoms with E-state index in [1.54, 1.807) is 15.4 Å². The van der Waals surface area contributed by atoms with Crippen molar-refractivity contribution in [2.75, 3.05) is 12.3 Å². The molecule has 2 aliphatic rings. The SMILES string of the molecule is Cc1ccc(-n2ncc3c(=O)n4c(nc32)SCC4CC(=O)NCCC2=CCCCC2)cc1. The first-order valence-electron chi connectivity index (χ1n) is 11.2. The van der Waals surface area contributed by atoms with Crippen LogP contribution in [-0.2, 0) is 4.79 Å². The number of fused-ring (bicyclic) bond motifs is 2. The number of aromatic nitrogens is 4. The standard InChI is InChI=1S/C24H27N5O2S/c1-16-7-9-18(10-8-16)29-22-20(14-26-29)23(31)28-19(15-32-24(28)27-22)13-21(30)25-12-11-17-5-3-2-4-6-17/h5,7-10,14,19H,2-4,6,11-13,15H2,1H3,(H,25,30). The van der Waals surface area contributed by atoms with Gasteiger partial charge in [0.05, 0.1) is 17.9 Å². The van der Waals surface area contributed by atoms with E-state index >= 15 is 0 Å². The minimum absolute atomic E-state index is 0.0118. The van der Waals surface area contributed by atoms with Gasteiger partial charge in [0.1, 0.15) is 5.39 Å². The number of nitrogens with zero attached hydrogens (tertiary/aromatic N) is 4. The maximum absolute atomic E-state index is 13.2. The summed E-state index contributed by atoms with van der Waals surface area (Å²) in [6.07, 6.45) is 9.93. The molecule has 1 aliphatic carbocycles. The first-order valence-corrected chi connectivity index (χ1v) is 12.2. The van der Waals surface area contributed by atoms with Crippen LogP contribution in [0.1, 0.15) is 50.1 Å². The molecule has 1 unspecified atom stereocenters. The van der Waals surface area contributed by atoms with Crippen molar-refractivity contribution in [2.45, 2.75) is 56.6 Å². The second-order valence-corrected chi connectivity index (χ2v) is 9.56. The molecule has 32 heavy (non-hydrogen) atoms. The first kappa shape index (κ1) is 21.0. The van der Waals surface area contributed by atoms with E-state index in [1.807, 2.05) is 31.2 Å². The fourth-order valence-corrected chi connectivity index (χ4v) is 5.57. The molecule has 5 rings (SSSR count). The Hall–Kier alpha value is -2.87. The Labute approximate surface area is 190 Å². The molecule has 7 nitrogen and oxygen atoms in total. The molecule has 3 aromatic rings. The monoisotopic (exact) mass is 449 g/mol. The molecule has 0 saturated heterocycles. The Bertz CT molecular complexity index is 1240. The zero-order valence-electron chi connectivity index (χ0n) is 18.2. The molecule has 2 aromatic heterocycles. The molecule has 1 amide bonds. The summed E-state index contributed by atoms with van der Waals surface area (Å²) >= 11 is 1.52. The molecule has 0 bridgehead atoms. The highest BCUT2D eigenvalue weighted by Gasteiger charge is 2.29. The topological polar surface area (TPSA) is 81.8 Å². The van der Waals surface area contributed by atoms with Crippen molar-refractivity contribution in [3.8, 4) is 5.69 Å². The molecule has 0 spiro atoms. The van der Waals surface area contributed by atoms with Crippen molar-refractivity contribution in [3.63, 3.8) is 0 Å². The molecule has 1 aliphatic heterocycles. The number of benzene rings is 1. The second kappa shape index (κ2) is 8.94. The summed E-state index contributed by atoms with van der Waals surface area (Å²) in [5.74, 6) is 0.660. The molecular formula is C24H27N5O2S. The fraction of sp³-hybridized carbons (Fsp3) is 0.417. The van der Waals surface area contributed by atoms with Gasteiger partial charge in [0.2, 0.25) is 5.91 Å². The Morgan fingerprint density at radius 1 is 1.25 bits per heavy atom. The zero-order valence-corrected chi connectivity index (χ0v) is 19.0. The fourth-order valence-electron chi connectivity index (χ4n) is 4.44. The summed E-state index contributed by atoms with van der Waals surface area (Å²) in [7, 11) is 0. The molecule has 1 atom stereocenters. The van der Waals surface area contributed by atoms with E-state index in [2.05, 4.69) is 16.5 Å². The van der Waals surface area contributed by atoms with Crippen molar-refractivity contribution in [3.05, 3.63) is 58.0 Å². The van der Waals surface area contributed by atoms with Crippen LogP contribution in [0.5, 0.6) is 0 Å². The Morgan fingerprint density at radius 3 is 2.88 bits per heavy atom. The number of carbonyl (C=O) groups excluding carboxylic acids is 1. The predicted molar refractivity (Wildman–Crippen MR) is 126 cm³/mol. The van der Waals surface area contributed by atoms with Crippen molar-refractivity contribution in [2.24, 2.45) is 0 Å². The summed E-state index contributed by atoms with van der Waals surface area (Å²) in [5.41, 5.74) is 3.91. The number of thioether (sulfide) groups is 1. The van der Waals surface area contributed by atoms with Gasteiger partial charge in [0, 0.05) is 18.7 Å². The van der Waals surface area contributed by atoms with Crippen LogP contribution in [0.25, 0.3) is 16.7 Å². The number of rotatable bonds is 6. The Morgan fingerprint density at radius 2 is 2.09 bits per heavy atom. The lowest BCUT2D eigenvalue weighted by atomic mass is 9.97. The third-order valence-corrected chi connectivity index (χ3v) is 7.32. The molecule has 1 N–H and O–H groups in total. The van der Waals surface area contributed by atoms with E-state index in [0.717, 1.165) is 30.5 Å². The third-order valence-electron chi connectivity index (χ3n) is 6.22. The van der Waals surface area contributed by atoms with Gasteiger partial charge in [-0.25, -0.2) is 9.67 Å². The summed E-state index contributed by atoms with van der Waals surface area (Å²) in [6, 6.07) is 7.78. The number of nitrogens with one attached hydrogen (secondary N) is 1. The lowest BCUT2D eigenvalue weighted by Gasteiger charge is -2.15. The summed E-state index contributed by atoms with van der Waals surface area (Å²) in [5, 5.41) is 8.58. The van der Waals surface area contributed by atoms with Crippen LogP contribution in [0.2, 0.25) is 0 Å². The molecule has 0 fully saturated rings. The molecule has 1 aromatic carbocycles. The van der Waals surface area contributed by atoms with E-state index in [1.165, 1.54) is 30.2 Å². The van der Waals surface area contributed by atoms with Crippen LogP contribution >= 0.6 is 11.8 Å². The average molecular weight is 450 g/mol. The van der Waals surface area contributed by atoms with Crippen molar-refractivity contribution >= 4 is 28.7 Å². The number of aryl methyl sites for hydroxylation is 1. The van der Waals surface area contributed by atoms with E-state index in [0.29, 0.717) is 28.5 Å². The molecule has 0 radical (unpaired) electrons. The molecule has 3 heterocycles. The largest absolute Gasteiger partial charge is 0.356 e. The van der Waals surface area contributed by atoms with Gasteiger partial charge in [-0.2, -0.15) is 5.10 Å². The van der Waals surface area contributed by atoms with Gasteiger partial charge in [-0.1, -0.05) is 41.1 Å². The maximum atomic E-state index is 13.2. The summed E-state index contributed by atoms with van der Waals surface area (Å²) in [6.45, 7) is 2.69. The second-order valence-electron chi connectivity index (χ2n) is 8.58. The first-order chi connectivity index (χ1) is 15.6. The lowest BCUT2D eigenvalue weighted by Crippen LogP contribution is -2.31. The lowest BCUT2D eigenvalue weighted by molar-refractivity contribution is -0.121. The van der Waals surface area contributed by atoms with E-state index in [4.69, 9.17) is 4.98 Å². The third kappa shape index (κ3) is 4.11. The van der Waals surface area contributed by atoms with Gasteiger partial charge in [0.25, 0.3) is 5.56 Å². The van der Waals surface area contributed by atoms with Gasteiger partial charge in [-0.3, -0.25) is 14.2 Å². The van der Waals surface area contributed by atoms with Gasteiger partial charge in [-0.15, -0.1) is 0 Å². The quantitative estimate of drug-likeness (QED) is 0.455. The summed E-state index contributed by atoms with van der Waals surface area (Å²) in [4.78, 5) is 30.5. The van der Waals surface area contributed by atoms with Crippen LogP contribution < -0.4 is 10.9 Å². The minimum atomic E-state index is -0.184. The maximum Gasteiger partial charge on any atom is 0.265 e. The highest BCUT2D eigenvalue weighted by atomic mass is 32.2. The number of amides is 1. The Kier molecular flexibility index (Phi) is 5.87. The van der Waals surface area contributed by atoms with Crippen LogP contribution in [-0.4, -0.2) is 37.5 Å². The van der Waals surface area contributed by atoms with Crippen molar-refractivity contribution in [1.29, 1.82) is 0 Å². The van der Waals surface area contributed by atoms with Gasteiger partial charge < -0.3 is 5.32 Å². The Balaban J connectivity index is 1.32. The number of hydrogen-bond acceptors (Lipinski definition) is 5. The van der Waals surface area contributed by atoms with Gasteiger partial charge >= 0.3 is 0 Å². The number of carbonyl (C=O) groups is 1. The van der Waals surface area contributed by atoms with Crippen molar-refractivity contribution in [1.82, 2.24) is 24.6 Å². The van der Waals surface area contributed by atoms with E-state index in [9.17, 15) is 9.59 Å². The minimum Gasteiger partial charge on any atom is -0.356 e. The number of hydrogen-bond donors (Lipinski definition) is 1. The predicted octanol–water partition coefficient (Wildman–Crippen LogP) is 3.93. The van der Waals surface area contributed by atoms with Crippen molar-refractivity contribution < 1.29 is 4.79 Å². The van der Waals surface area contributed by atoms with Crippen LogP contribution in [0.4, 0.5) is 0 Å². The van der Waals surface area contributed by atoms with E-state index in [-0.39, 0.29) is 23.9 Å². The highest BCUT2D eigenvalue weighted by Crippen LogP contribution is 2.33. The molecule has 0 saturated carbocycles. The van der Waals surface area contributed by atoms with E-state index < -0.39 is 0 Å². The van der Waals surface area contributed by atoms with Gasteiger partial charge in [0.15, 0.2) is 10.8 Å². The average Bonchev–Trinajstić information content (AvgIpc) is 3.40. The number of allylic oxidation sites excluding steroid dienone is 1.